The van der Waals surface area contributed by atoms with E-state index < -0.39 is 8.07 Å². The van der Waals surface area contributed by atoms with Gasteiger partial charge in [0.15, 0.2) is 8.07 Å². The Balaban J connectivity index is 0.878. The molecule has 0 atom stereocenters. The number of para-hydroxylation sites is 4. The van der Waals surface area contributed by atoms with Crippen LogP contribution in [0.4, 0.5) is 17.2 Å². The molecular weight excluding hydrogens is 939 g/mol. The maximum absolute atomic E-state index is 5.36. The summed E-state index contributed by atoms with van der Waals surface area (Å²) in [5, 5.41) is 16.2. The molecule has 0 saturated carbocycles. The number of hydrogen-bond acceptors (Lipinski definition) is 3. The molecule has 0 saturated heterocycles. The van der Waals surface area contributed by atoms with E-state index in [0.29, 0.717) is 0 Å². The van der Waals surface area contributed by atoms with Crippen LogP contribution in [0.1, 0.15) is 0 Å². The zero-order chi connectivity index (χ0) is 49.9. The Labute approximate surface area is 439 Å². The Morgan fingerprint density at radius 1 is 0.342 bits per heavy atom. The molecule has 6 heteroatoms. The van der Waals surface area contributed by atoms with Crippen molar-refractivity contribution in [3.8, 4) is 22.5 Å². The second kappa shape index (κ2) is 16.6. The Kier molecular flexibility index (Phi) is 9.29. The lowest BCUT2D eigenvalue weighted by atomic mass is 10.0. The molecule has 5 heterocycles. The molecule has 0 fully saturated rings. The normalized spacial score (nSPS) is 13.1. The highest BCUT2D eigenvalue weighted by atomic mass is 28.3. The highest BCUT2D eigenvalue weighted by Gasteiger charge is 2.49. The Hall–Kier alpha value is -9.88. The maximum atomic E-state index is 5.36. The maximum Gasteiger partial charge on any atom is 0.184 e. The lowest BCUT2D eigenvalue weighted by molar-refractivity contribution is 1.15. The first-order valence-corrected chi connectivity index (χ1v) is 28.0. The second-order valence-corrected chi connectivity index (χ2v) is 23.9. The largest absolute Gasteiger partial charge is 0.309 e. The molecule has 5 nitrogen and oxygen atoms in total. The minimum Gasteiger partial charge on any atom is -0.309 e. The van der Waals surface area contributed by atoms with Gasteiger partial charge in [-0.1, -0.05) is 170 Å². The van der Waals surface area contributed by atoms with Gasteiger partial charge in [-0.05, 0) is 139 Å². The molecule has 1 aliphatic rings. The van der Waals surface area contributed by atoms with E-state index in [0.717, 1.165) is 33.8 Å². The zero-order valence-corrected chi connectivity index (χ0v) is 42.2. The summed E-state index contributed by atoms with van der Waals surface area (Å²) in [6.07, 6.45) is 3.80. The van der Waals surface area contributed by atoms with Crippen molar-refractivity contribution in [3.05, 3.63) is 273 Å². The minimum atomic E-state index is -2.96. The molecule has 0 N–H and O–H groups in total. The van der Waals surface area contributed by atoms with Crippen molar-refractivity contribution in [2.24, 2.45) is 0 Å². The van der Waals surface area contributed by atoms with Crippen LogP contribution in [0, 0.1) is 0 Å². The summed E-state index contributed by atoms with van der Waals surface area (Å²) < 4.78 is 4.82. The van der Waals surface area contributed by atoms with Crippen LogP contribution >= 0.6 is 0 Å². The average Bonchev–Trinajstić information content (AvgIpc) is 4.14. The van der Waals surface area contributed by atoms with Crippen LogP contribution in [0.25, 0.3) is 98.6 Å². The van der Waals surface area contributed by atoms with Crippen LogP contribution in [0.3, 0.4) is 0 Å². The van der Waals surface area contributed by atoms with Gasteiger partial charge in [-0.3, -0.25) is 9.88 Å². The first kappa shape index (κ1) is 42.6. The van der Waals surface area contributed by atoms with Crippen LogP contribution in [-0.2, 0) is 0 Å². The zero-order valence-electron chi connectivity index (χ0n) is 41.2. The SMILES string of the molecule is c1ccc([Si]2(c3ccccc3)c3ccccc3N(c3ccc4ccccc4n3)c3ccc(-c4ccc5c(c4)c4ccccc4n5-c4ccc5cc6c(ccc7c8ccccc8n(-c8cccnc8)c67)cc5c4)cc32)cc1. The Bertz CT molecular complexity index is 4790. The molecule has 1 aliphatic heterocycles. The van der Waals surface area contributed by atoms with Gasteiger partial charge in [0.25, 0.3) is 0 Å². The van der Waals surface area contributed by atoms with Crippen LogP contribution in [0.5, 0.6) is 0 Å². The molecule has 0 aliphatic carbocycles. The smallest absolute Gasteiger partial charge is 0.184 e. The van der Waals surface area contributed by atoms with Gasteiger partial charge < -0.3 is 9.13 Å². The van der Waals surface area contributed by atoms with E-state index in [9.17, 15) is 0 Å². The fourth-order valence-corrected chi connectivity index (χ4v) is 18.0. The number of aromatic nitrogens is 4. The van der Waals surface area contributed by atoms with Gasteiger partial charge in [0.05, 0.1) is 39.5 Å². The first-order valence-electron chi connectivity index (χ1n) is 26.0. The number of hydrogen-bond donors (Lipinski definition) is 0. The number of benzene rings is 11. The molecule has 0 amide bonds. The molecule has 0 bridgehead atoms. The first-order chi connectivity index (χ1) is 37.7. The molecule has 0 unspecified atom stereocenters. The summed E-state index contributed by atoms with van der Waals surface area (Å²) in [6, 6.07) is 96.7. The number of pyridine rings is 2. The predicted molar refractivity (Wildman–Crippen MR) is 321 cm³/mol. The number of anilines is 3. The standard InChI is InChI=1S/C70H45N5Si/c1-3-18-54(19-4-1)76(55-20-5-2-6-21-55)67-28-14-13-27-65(67)75(69-38-33-46-16-7-10-24-61(46)72-69)66-37-32-49(44-68(66)76)47-31-36-64-60(43-47)57-23-9-11-25-62(57)73(64)52-34-29-48-42-59-50(40-51(48)41-52)30-35-58-56-22-8-12-26-63(56)74(70(58)59)53-17-15-39-71-45-53/h1-45H. The highest BCUT2D eigenvalue weighted by Crippen LogP contribution is 2.42. The summed E-state index contributed by atoms with van der Waals surface area (Å²) >= 11 is 0. The van der Waals surface area contributed by atoms with Gasteiger partial charge in [-0.25, -0.2) is 4.98 Å². The molecule has 15 aromatic rings. The van der Waals surface area contributed by atoms with E-state index in [4.69, 9.17) is 4.98 Å². The number of nitrogens with zero attached hydrogens (tertiary/aromatic N) is 5. The quantitative estimate of drug-likeness (QED) is 0.123. The van der Waals surface area contributed by atoms with E-state index >= 15 is 0 Å². The Morgan fingerprint density at radius 3 is 1.82 bits per heavy atom. The van der Waals surface area contributed by atoms with E-state index in [1.165, 1.54) is 103 Å². The molecule has 0 radical (unpaired) electrons. The summed E-state index contributed by atoms with van der Waals surface area (Å²) in [5.74, 6) is 0.905. The van der Waals surface area contributed by atoms with Crippen LogP contribution < -0.4 is 25.6 Å². The van der Waals surface area contributed by atoms with E-state index in [1.807, 2.05) is 18.5 Å². The van der Waals surface area contributed by atoms with Gasteiger partial charge in [0.1, 0.15) is 5.82 Å². The van der Waals surface area contributed by atoms with Crippen LogP contribution in [0.15, 0.2) is 273 Å². The Morgan fingerprint density at radius 2 is 1.00 bits per heavy atom. The average molecular weight is 984 g/mol. The van der Waals surface area contributed by atoms with Crippen molar-refractivity contribution < 1.29 is 0 Å². The molecule has 0 spiro atoms. The lowest BCUT2D eigenvalue weighted by Gasteiger charge is -2.44. The molecule has 76 heavy (non-hydrogen) atoms. The third-order valence-electron chi connectivity index (χ3n) is 16.2. The monoisotopic (exact) mass is 983 g/mol. The summed E-state index contributed by atoms with van der Waals surface area (Å²) in [7, 11) is -2.96. The van der Waals surface area contributed by atoms with Crippen molar-refractivity contribution in [3.63, 3.8) is 0 Å². The van der Waals surface area contributed by atoms with Gasteiger partial charge in [0, 0.05) is 55.6 Å². The molecule has 16 rings (SSSR count). The van der Waals surface area contributed by atoms with Gasteiger partial charge in [0.2, 0.25) is 0 Å². The third-order valence-corrected chi connectivity index (χ3v) is 21.0. The number of fused-ring (bicyclic) bond motifs is 12. The van der Waals surface area contributed by atoms with E-state index in [1.54, 1.807) is 0 Å². The molecule has 354 valence electrons. The van der Waals surface area contributed by atoms with Crippen LogP contribution in [-0.4, -0.2) is 27.2 Å². The topological polar surface area (TPSA) is 38.9 Å². The van der Waals surface area contributed by atoms with Gasteiger partial charge >= 0.3 is 0 Å². The van der Waals surface area contributed by atoms with Gasteiger partial charge in [-0.15, -0.1) is 0 Å². The second-order valence-electron chi connectivity index (χ2n) is 20.1. The summed E-state index contributed by atoms with van der Waals surface area (Å²) in [4.78, 5) is 12.3. The minimum absolute atomic E-state index is 0.905. The summed E-state index contributed by atoms with van der Waals surface area (Å²) in [5.41, 5.74) is 12.6. The molecule has 4 aromatic heterocycles. The molecule has 11 aromatic carbocycles. The lowest BCUT2D eigenvalue weighted by Crippen LogP contribution is -2.77. The fraction of sp³-hybridized carbons (Fsp3) is 0. The molecular formula is C70H45N5Si. The summed E-state index contributed by atoms with van der Waals surface area (Å²) in [6.45, 7) is 0. The van der Waals surface area contributed by atoms with Crippen molar-refractivity contribution >= 4 is 122 Å². The van der Waals surface area contributed by atoms with Crippen molar-refractivity contribution in [1.82, 2.24) is 19.1 Å². The fourth-order valence-electron chi connectivity index (χ4n) is 12.9. The van der Waals surface area contributed by atoms with Crippen molar-refractivity contribution in [1.29, 1.82) is 0 Å². The van der Waals surface area contributed by atoms with Gasteiger partial charge in [-0.2, -0.15) is 0 Å². The van der Waals surface area contributed by atoms with Crippen molar-refractivity contribution in [2.75, 3.05) is 4.90 Å². The van der Waals surface area contributed by atoms with Crippen molar-refractivity contribution in [2.45, 2.75) is 0 Å². The number of rotatable bonds is 6. The third kappa shape index (κ3) is 6.19. The highest BCUT2D eigenvalue weighted by molar-refractivity contribution is 7.21. The predicted octanol–water partition coefficient (Wildman–Crippen LogP) is 15.0. The van der Waals surface area contributed by atoms with E-state index in [2.05, 4.69) is 274 Å². The van der Waals surface area contributed by atoms with Crippen LogP contribution in [0.2, 0.25) is 0 Å². The van der Waals surface area contributed by atoms with E-state index in [-0.39, 0.29) is 0 Å².